The number of allylic oxidation sites excluding steroid dienone is 3. The molecule has 20 N–H and O–H groups in total. The van der Waals surface area contributed by atoms with Gasteiger partial charge in [-0.2, -0.15) is 0 Å². The van der Waals surface area contributed by atoms with Gasteiger partial charge >= 0.3 is 0 Å². The highest BCUT2D eigenvalue weighted by Crippen LogP contribution is 2.39. The molecule has 0 bridgehead atoms. The molecule has 866 valence electrons. The van der Waals surface area contributed by atoms with Crippen LogP contribution >= 0.6 is 0 Å². The minimum atomic E-state index is -1.29. The van der Waals surface area contributed by atoms with Crippen molar-refractivity contribution in [1.29, 1.82) is 0 Å². The topological polar surface area (TPSA) is 560 Å². The van der Waals surface area contributed by atoms with E-state index in [0.717, 1.165) is 38.0 Å². The first-order chi connectivity index (χ1) is 70.1. The van der Waals surface area contributed by atoms with Crippen LogP contribution in [0, 0.1) is 59.2 Å². The number of carbonyl (C=O) groups is 7. The van der Waals surface area contributed by atoms with E-state index >= 15 is 0 Å². The van der Waals surface area contributed by atoms with Gasteiger partial charge in [0.2, 0.25) is 11.8 Å². The molecule has 3 fully saturated rings. The number of amides is 2. The van der Waals surface area contributed by atoms with Gasteiger partial charge in [0.1, 0.15) is 34.5 Å². The summed E-state index contributed by atoms with van der Waals surface area (Å²) in [6.45, 7) is 45.2. The number of ketones is 5. The number of hydrogen-bond donors (Lipinski definition) is 11. The molecule has 0 radical (unpaired) electrons. The third-order valence-electron chi connectivity index (χ3n) is 27.7. The molecule has 15 atom stereocenters. The third-order valence-corrected chi connectivity index (χ3v) is 27.7. The van der Waals surface area contributed by atoms with Gasteiger partial charge in [0.25, 0.3) is 0 Å². The summed E-state index contributed by atoms with van der Waals surface area (Å²) in [6, 6.07) is 0. The maximum atomic E-state index is 14.0. The zero-order valence-corrected chi connectivity index (χ0v) is 94.4. The Morgan fingerprint density at radius 3 is 0.932 bits per heavy atom. The minimum Gasteiger partial charge on any atom is -0.401 e. The first kappa shape index (κ1) is 142. The Kier molecular flexibility index (Phi) is 88.0. The van der Waals surface area contributed by atoms with Gasteiger partial charge in [-0.05, 0) is 131 Å². The fourth-order valence-corrected chi connectivity index (χ4v) is 16.8. The number of aryl methyl sites for hydroxylation is 1. The zero-order chi connectivity index (χ0) is 106. The van der Waals surface area contributed by atoms with E-state index in [1.165, 1.54) is 6.42 Å². The Labute approximate surface area is 890 Å². The molecule has 39 nitrogen and oxygen atoms in total. The summed E-state index contributed by atoms with van der Waals surface area (Å²) >= 11 is 0. The second kappa shape index (κ2) is 92.0. The smallest absolute Gasteiger partial charge is 0.222 e. The lowest BCUT2D eigenvalue weighted by Gasteiger charge is -2.43. The summed E-state index contributed by atoms with van der Waals surface area (Å²) < 4.78 is 108. The van der Waals surface area contributed by atoms with Gasteiger partial charge in [-0.3, -0.25) is 38.2 Å². The van der Waals surface area contributed by atoms with Crippen molar-refractivity contribution in [3.05, 3.63) is 48.1 Å². The second-order valence-electron chi connectivity index (χ2n) is 39.9. The highest BCUT2D eigenvalue weighted by Gasteiger charge is 2.42. The summed E-state index contributed by atoms with van der Waals surface area (Å²) in [7, 11) is 0. The molecule has 4 rings (SSSR count). The first-order valence-corrected chi connectivity index (χ1v) is 55.3. The van der Waals surface area contributed by atoms with Crippen LogP contribution in [0.5, 0.6) is 0 Å². The molecule has 3 saturated heterocycles. The van der Waals surface area contributed by atoms with Gasteiger partial charge in [-0.1, -0.05) is 135 Å². The fraction of sp³-hybridized carbons (Fsp3) is 0.862. The van der Waals surface area contributed by atoms with E-state index in [-0.39, 0.29) is 162 Å². The average Bonchev–Trinajstić information content (AvgIpc) is 0.899. The van der Waals surface area contributed by atoms with Crippen LogP contribution in [0.4, 0.5) is 0 Å². The van der Waals surface area contributed by atoms with E-state index in [9.17, 15) is 33.6 Å². The fourth-order valence-electron chi connectivity index (χ4n) is 16.8. The van der Waals surface area contributed by atoms with E-state index in [4.69, 9.17) is 102 Å². The predicted octanol–water partition coefficient (Wildman–Crippen LogP) is 14.3. The van der Waals surface area contributed by atoms with Gasteiger partial charge in [0.15, 0.2) is 18.9 Å². The molecule has 4 heterocycles. The molecule has 1 aromatic heterocycles. The molecule has 3 aliphatic heterocycles. The second-order valence-corrected chi connectivity index (χ2v) is 39.9. The number of ether oxygens (including phenoxy) is 18. The van der Waals surface area contributed by atoms with Crippen molar-refractivity contribution < 1.29 is 119 Å². The predicted molar refractivity (Wildman–Crippen MR) is 577 cm³/mol. The molecule has 39 heteroatoms. The van der Waals surface area contributed by atoms with Crippen LogP contribution in [0.2, 0.25) is 0 Å². The number of carbonyl (C=O) groups excluding carboxylic acids is 7. The lowest BCUT2D eigenvalue weighted by molar-refractivity contribution is -0.251. The summed E-state index contributed by atoms with van der Waals surface area (Å²) in [5.41, 5.74) is 19.0. The third kappa shape index (κ3) is 70.1. The lowest BCUT2D eigenvalue weighted by Crippen LogP contribution is -2.58. The summed E-state index contributed by atoms with van der Waals surface area (Å²) in [5.74, 6) is 4.64. The van der Waals surface area contributed by atoms with Gasteiger partial charge in [-0.15, -0.1) is 5.10 Å². The van der Waals surface area contributed by atoms with Crippen LogP contribution in [0.3, 0.4) is 0 Å². The number of hydrogen-bond acceptors (Lipinski definition) is 36. The average molecular weight is 2120 g/mol. The van der Waals surface area contributed by atoms with Crippen LogP contribution in [-0.2, 0) is 125 Å². The Balaban J connectivity index is 0.0000263. The molecule has 3 aliphatic rings. The van der Waals surface area contributed by atoms with E-state index in [1.807, 2.05) is 0 Å². The van der Waals surface area contributed by atoms with Crippen LogP contribution in [0.1, 0.15) is 296 Å². The molecule has 0 saturated carbocycles. The van der Waals surface area contributed by atoms with E-state index in [1.54, 1.807) is 35.7 Å². The number of nitrogens with one attached hydrogen (secondary N) is 5. The molecular formula is C109H210N14O25. The van der Waals surface area contributed by atoms with Crippen LogP contribution in [-0.4, -0.2) is 303 Å². The zero-order valence-electron chi connectivity index (χ0n) is 94.4. The largest absolute Gasteiger partial charge is 0.401 e. The summed E-state index contributed by atoms with van der Waals surface area (Å²) in [4.78, 5) is 92.3. The summed E-state index contributed by atoms with van der Waals surface area (Å²) in [5, 5.41) is 23.4. The standard InChI is InChI=1S/C104H189N11O25.C5H12.3H3N/c1-13-96-82(7)79(4)85(10)101(138-96)135-70-67-129-64-61-126-58-55-123-52-44-108-73-88(105)33-36-91(116)27-19-16-21-29-94(119)39-49-132-76-104(113-100(122)32-23-18-26-47-115-48-43-112-114-115,77-133-50-40-95(120)30-22-17-20-28-92(117)37-34-89(106)74-109-45-53-124-56-59-127-62-65-130-68-71-136-102-86(11)80(5)83(8)97(14-2)139-102)78-134-51-41-99(121)111-42-25-24-31-93(118)38-35-90(107)75-110-46-54-125-57-60-128-63-66-131-69-72-137-103-87(12)81(6)84(9)98(15-3)140-103;1-4-5(2)3;;;/h43,48,73-75,79-87,96-98,101-103,108-110H,13-42,44-47,49-72,76-78,105-107H2,1-12H3,(H,111,121)(H,113,122);5H,4H2,1-3H3;3*1H3/b88-73-,89-74-,90-75-;;;;/t79-,80-,81-,82-,83-,84-,85?,86?,87?,96?,97?,98?,101-,102-,103-,104?;;;;/m0..../s1. The number of nitrogens with zero attached hydrogens (tertiary/aromatic N) is 3. The van der Waals surface area contributed by atoms with Crippen molar-refractivity contribution in [3.8, 4) is 0 Å². The van der Waals surface area contributed by atoms with E-state index in [2.05, 4.69) is 141 Å². The number of rotatable bonds is 94. The van der Waals surface area contributed by atoms with Crippen molar-refractivity contribution in [3.63, 3.8) is 0 Å². The van der Waals surface area contributed by atoms with Gasteiger partial charge < -0.3 is 148 Å². The quantitative estimate of drug-likeness (QED) is 0.0270. The van der Waals surface area contributed by atoms with Crippen molar-refractivity contribution in [1.82, 2.24) is 60.0 Å². The molecule has 1 aromatic rings. The van der Waals surface area contributed by atoms with Gasteiger partial charge in [-0.25, -0.2) is 0 Å². The van der Waals surface area contributed by atoms with Gasteiger partial charge in [0, 0.05) is 169 Å². The van der Waals surface area contributed by atoms with Crippen molar-refractivity contribution in [2.45, 2.75) is 346 Å². The Hall–Kier alpha value is -6.39. The SMILES string of the molecule is CCC(C)C.CCC1O[C@H](OCCOCCOCCOCCN/C=C(\N)CCC(=O)CCCCCC(=O)CCOCC(COCCC(=O)CCCCCC(=O)CC/C(N)=C/NCCOCCOCCOCCO[C@H]2OC(CC)[C@@H](C)[C@H](C)C2C)(COCCC(=O)NCCCCC(=O)CC/C(N)=C/NCCOCCOCCOCCO[C@H]2OC(CC)[C@@H](C)[C@H](C)C2C)NC(=O)CCCCCn2ccnn2)C(C)[C@@H](C)[C@@H]1C.N.N.N. The number of Topliss-reactive ketones (excluding diaryl/α,β-unsaturated/α-hetero) is 5. The Bertz CT molecular complexity index is 3230. The lowest BCUT2D eigenvalue weighted by atomic mass is 9.78. The number of unbranched alkanes of at least 4 members (excludes halogenated alkanes) is 7. The van der Waals surface area contributed by atoms with Gasteiger partial charge in [0.05, 0.1) is 203 Å². The molecule has 2 amide bonds. The maximum absolute atomic E-state index is 14.0. The number of aromatic nitrogens is 3. The van der Waals surface area contributed by atoms with Crippen molar-refractivity contribution in [2.75, 3.05) is 205 Å². The van der Waals surface area contributed by atoms with Crippen LogP contribution < -0.4 is 62.2 Å². The Morgan fingerprint density at radius 1 is 0.331 bits per heavy atom. The Morgan fingerprint density at radius 2 is 0.622 bits per heavy atom. The van der Waals surface area contributed by atoms with Crippen molar-refractivity contribution >= 4 is 40.7 Å². The monoisotopic (exact) mass is 2120 g/mol. The summed E-state index contributed by atoms with van der Waals surface area (Å²) in [6.07, 6.45) is 24.1. The van der Waals surface area contributed by atoms with Crippen molar-refractivity contribution in [2.24, 2.45) is 76.4 Å². The van der Waals surface area contributed by atoms with Crippen LogP contribution in [0.25, 0.3) is 0 Å². The molecule has 0 aliphatic carbocycles. The molecule has 0 aromatic carbocycles. The maximum Gasteiger partial charge on any atom is 0.222 e. The molecule has 0 spiro atoms. The minimum absolute atomic E-state index is 0. The molecule has 6 unspecified atom stereocenters. The highest BCUT2D eigenvalue weighted by atomic mass is 16.7. The normalized spacial score (nSPS) is 21.5. The molecule has 148 heavy (non-hydrogen) atoms. The number of nitrogens with two attached hydrogens (primary N) is 3. The van der Waals surface area contributed by atoms with E-state index < -0.39 is 5.54 Å². The van der Waals surface area contributed by atoms with Crippen LogP contribution in [0.15, 0.2) is 48.1 Å². The molecular weight excluding hydrogens is 1910 g/mol. The highest BCUT2D eigenvalue weighted by molar-refractivity contribution is 5.80. The first-order valence-electron chi connectivity index (χ1n) is 55.3. The van der Waals surface area contributed by atoms with E-state index in [0.29, 0.717) is 370 Å².